The summed E-state index contributed by atoms with van der Waals surface area (Å²) in [7, 11) is 0. The van der Waals surface area contributed by atoms with Crippen molar-refractivity contribution in [2.24, 2.45) is 0 Å². The van der Waals surface area contributed by atoms with Crippen molar-refractivity contribution in [2.75, 3.05) is 13.2 Å². The summed E-state index contributed by atoms with van der Waals surface area (Å²) in [5.41, 5.74) is 3.07. The van der Waals surface area contributed by atoms with E-state index in [1.165, 1.54) is 0 Å². The number of fused-ring (bicyclic) bond motifs is 2. The molecule has 0 spiro atoms. The van der Waals surface area contributed by atoms with E-state index in [0.29, 0.717) is 24.5 Å². The van der Waals surface area contributed by atoms with E-state index in [1.807, 2.05) is 42.6 Å². The molecule has 5 heteroatoms. The molecule has 0 saturated carbocycles. The van der Waals surface area contributed by atoms with Gasteiger partial charge in [-0.15, -0.1) is 0 Å². The van der Waals surface area contributed by atoms with E-state index >= 15 is 0 Å². The van der Waals surface area contributed by atoms with Crippen molar-refractivity contribution >= 4 is 22.7 Å². The molecule has 0 atom stereocenters. The second-order valence-electron chi connectivity index (χ2n) is 5.17. The van der Waals surface area contributed by atoms with Crippen LogP contribution in [0.5, 0.6) is 11.5 Å². The van der Waals surface area contributed by atoms with Crippen LogP contribution in [0.3, 0.4) is 0 Å². The molecule has 1 aliphatic rings. The summed E-state index contributed by atoms with van der Waals surface area (Å²) in [5.74, 6) is 1.45. The quantitative estimate of drug-likeness (QED) is 0.737. The number of rotatable bonds is 2. The van der Waals surface area contributed by atoms with E-state index in [0.717, 1.165) is 27.9 Å². The van der Waals surface area contributed by atoms with Crippen molar-refractivity contribution in [1.29, 1.82) is 5.26 Å². The maximum atomic E-state index is 9.55. The Morgan fingerprint density at radius 2 is 2.09 bits per heavy atom. The van der Waals surface area contributed by atoms with Gasteiger partial charge in [-0.1, -0.05) is 6.07 Å². The van der Waals surface area contributed by atoms with Gasteiger partial charge in [0.05, 0.1) is 11.6 Å². The molecule has 2 aromatic heterocycles. The normalized spacial score (nSPS) is 13.8. The van der Waals surface area contributed by atoms with E-state index in [-0.39, 0.29) is 0 Å². The van der Waals surface area contributed by atoms with Gasteiger partial charge in [-0.25, -0.2) is 4.98 Å². The SMILES string of the molecule is N#C/C(=C\c1ccc2c(c1)OCCO2)c1c[nH]c2ncccc12. The minimum absolute atomic E-state index is 0.541. The largest absolute Gasteiger partial charge is 0.486 e. The van der Waals surface area contributed by atoms with Gasteiger partial charge in [0, 0.05) is 23.3 Å². The van der Waals surface area contributed by atoms with Gasteiger partial charge in [-0.2, -0.15) is 5.26 Å². The van der Waals surface area contributed by atoms with Crippen LogP contribution in [0.1, 0.15) is 11.1 Å². The number of ether oxygens (including phenoxy) is 2. The van der Waals surface area contributed by atoms with Crippen molar-refractivity contribution in [3.63, 3.8) is 0 Å². The van der Waals surface area contributed by atoms with Crippen LogP contribution in [0.4, 0.5) is 0 Å². The number of pyridine rings is 1. The molecule has 3 heterocycles. The maximum Gasteiger partial charge on any atom is 0.161 e. The molecule has 0 amide bonds. The van der Waals surface area contributed by atoms with Crippen molar-refractivity contribution in [1.82, 2.24) is 9.97 Å². The molecule has 5 nitrogen and oxygen atoms in total. The van der Waals surface area contributed by atoms with E-state index in [1.54, 1.807) is 6.20 Å². The summed E-state index contributed by atoms with van der Waals surface area (Å²) < 4.78 is 11.1. The summed E-state index contributed by atoms with van der Waals surface area (Å²) in [5, 5.41) is 10.5. The first kappa shape index (κ1) is 13.4. The molecule has 23 heavy (non-hydrogen) atoms. The van der Waals surface area contributed by atoms with E-state index < -0.39 is 0 Å². The minimum Gasteiger partial charge on any atom is -0.486 e. The van der Waals surface area contributed by atoms with Crippen LogP contribution in [0.25, 0.3) is 22.7 Å². The van der Waals surface area contributed by atoms with Crippen LogP contribution in [0.2, 0.25) is 0 Å². The standard InChI is InChI=1S/C18H13N3O2/c19-10-13(15-11-21-18-14(15)2-1-5-20-18)8-12-3-4-16-17(9-12)23-7-6-22-16/h1-5,8-9,11H,6-7H2,(H,20,21)/b13-8+. The average molecular weight is 303 g/mol. The zero-order valence-corrected chi connectivity index (χ0v) is 12.2. The summed E-state index contributed by atoms with van der Waals surface area (Å²) >= 11 is 0. The van der Waals surface area contributed by atoms with Crippen molar-refractivity contribution in [3.05, 3.63) is 53.9 Å². The van der Waals surface area contributed by atoms with Crippen molar-refractivity contribution in [2.45, 2.75) is 0 Å². The Balaban J connectivity index is 1.78. The highest BCUT2D eigenvalue weighted by Gasteiger charge is 2.13. The average Bonchev–Trinajstić information content (AvgIpc) is 3.03. The molecule has 0 fully saturated rings. The highest BCUT2D eigenvalue weighted by Crippen LogP contribution is 2.32. The second-order valence-corrected chi connectivity index (χ2v) is 5.17. The molecule has 0 bridgehead atoms. The van der Waals surface area contributed by atoms with Crippen LogP contribution in [-0.4, -0.2) is 23.2 Å². The van der Waals surface area contributed by atoms with Gasteiger partial charge in [0.15, 0.2) is 11.5 Å². The zero-order chi connectivity index (χ0) is 15.6. The Kier molecular flexibility index (Phi) is 3.21. The summed E-state index contributed by atoms with van der Waals surface area (Å²) in [6, 6.07) is 11.7. The van der Waals surface area contributed by atoms with Gasteiger partial charge >= 0.3 is 0 Å². The Morgan fingerprint density at radius 3 is 2.96 bits per heavy atom. The highest BCUT2D eigenvalue weighted by molar-refractivity contribution is 6.00. The Bertz CT molecular complexity index is 950. The Morgan fingerprint density at radius 1 is 1.22 bits per heavy atom. The van der Waals surface area contributed by atoms with Crippen LogP contribution in [0.15, 0.2) is 42.7 Å². The fourth-order valence-electron chi connectivity index (χ4n) is 2.67. The summed E-state index contributed by atoms with van der Waals surface area (Å²) in [6.07, 6.45) is 5.37. The number of aromatic nitrogens is 2. The lowest BCUT2D eigenvalue weighted by Crippen LogP contribution is -2.15. The minimum atomic E-state index is 0.541. The third-order valence-corrected chi connectivity index (χ3v) is 3.74. The number of benzene rings is 1. The van der Waals surface area contributed by atoms with Crippen LogP contribution < -0.4 is 9.47 Å². The molecular weight excluding hydrogens is 290 g/mol. The Hall–Kier alpha value is -3.26. The summed E-state index contributed by atoms with van der Waals surface area (Å²) in [6.45, 7) is 1.10. The fourth-order valence-corrected chi connectivity index (χ4v) is 2.67. The van der Waals surface area contributed by atoms with Gasteiger partial charge in [0.25, 0.3) is 0 Å². The monoisotopic (exact) mass is 303 g/mol. The second kappa shape index (κ2) is 5.50. The van der Waals surface area contributed by atoms with Crippen LogP contribution in [-0.2, 0) is 0 Å². The van der Waals surface area contributed by atoms with Gasteiger partial charge < -0.3 is 14.5 Å². The molecule has 0 saturated heterocycles. The third-order valence-electron chi connectivity index (χ3n) is 3.74. The van der Waals surface area contributed by atoms with E-state index in [9.17, 15) is 5.26 Å². The number of allylic oxidation sites excluding steroid dienone is 1. The number of aromatic amines is 1. The lowest BCUT2D eigenvalue weighted by Gasteiger charge is -2.18. The van der Waals surface area contributed by atoms with Crippen molar-refractivity contribution in [3.8, 4) is 17.6 Å². The lowest BCUT2D eigenvalue weighted by molar-refractivity contribution is 0.171. The predicted octanol–water partition coefficient (Wildman–Crippen LogP) is 3.40. The summed E-state index contributed by atoms with van der Waals surface area (Å²) in [4.78, 5) is 7.35. The lowest BCUT2D eigenvalue weighted by atomic mass is 10.0. The molecule has 0 radical (unpaired) electrons. The van der Waals surface area contributed by atoms with Gasteiger partial charge in [0.1, 0.15) is 18.9 Å². The van der Waals surface area contributed by atoms with Gasteiger partial charge in [0.2, 0.25) is 0 Å². The van der Waals surface area contributed by atoms with E-state index in [2.05, 4.69) is 16.0 Å². The number of nitrogens with zero attached hydrogens (tertiary/aromatic N) is 2. The van der Waals surface area contributed by atoms with Crippen molar-refractivity contribution < 1.29 is 9.47 Å². The smallest absolute Gasteiger partial charge is 0.161 e. The number of hydrogen-bond acceptors (Lipinski definition) is 4. The third kappa shape index (κ3) is 2.40. The first-order valence-corrected chi connectivity index (χ1v) is 7.29. The first-order valence-electron chi connectivity index (χ1n) is 7.29. The Labute approximate surface area is 132 Å². The molecule has 112 valence electrons. The molecular formula is C18H13N3O2. The van der Waals surface area contributed by atoms with Gasteiger partial charge in [-0.3, -0.25) is 0 Å². The number of H-pyrrole nitrogens is 1. The number of nitriles is 1. The number of hydrogen-bond donors (Lipinski definition) is 1. The predicted molar refractivity (Wildman–Crippen MR) is 87.0 cm³/mol. The molecule has 3 aromatic rings. The molecule has 1 N–H and O–H groups in total. The van der Waals surface area contributed by atoms with Crippen LogP contribution >= 0.6 is 0 Å². The molecule has 1 aliphatic heterocycles. The maximum absolute atomic E-state index is 9.55. The highest BCUT2D eigenvalue weighted by atomic mass is 16.6. The zero-order valence-electron chi connectivity index (χ0n) is 12.2. The molecule has 0 unspecified atom stereocenters. The fraction of sp³-hybridized carbons (Fsp3) is 0.111. The first-order chi connectivity index (χ1) is 11.3. The molecule has 0 aliphatic carbocycles. The molecule has 1 aromatic carbocycles. The van der Waals surface area contributed by atoms with Gasteiger partial charge in [-0.05, 0) is 35.9 Å². The number of nitrogens with one attached hydrogen (secondary N) is 1. The van der Waals surface area contributed by atoms with E-state index in [4.69, 9.17) is 9.47 Å². The topological polar surface area (TPSA) is 70.9 Å². The molecule has 4 rings (SSSR count). The van der Waals surface area contributed by atoms with Crippen LogP contribution in [0, 0.1) is 11.3 Å².